The number of methoxy groups -OCH3 is 1. The Morgan fingerprint density at radius 1 is 1.47 bits per heavy atom. The van der Waals surface area contributed by atoms with Crippen LogP contribution in [0, 0.1) is 5.82 Å². The van der Waals surface area contributed by atoms with Gasteiger partial charge in [-0.2, -0.15) is 0 Å². The van der Waals surface area contributed by atoms with Crippen LogP contribution >= 0.6 is 11.8 Å². The van der Waals surface area contributed by atoms with Crippen LogP contribution in [0.1, 0.15) is 16.1 Å². The Labute approximate surface area is 113 Å². The SMILES string of the molecule is COC(=O)c1occc1CSc1cc(F)ccc1N. The van der Waals surface area contributed by atoms with Gasteiger partial charge in [-0.15, -0.1) is 11.8 Å². The minimum Gasteiger partial charge on any atom is -0.463 e. The van der Waals surface area contributed by atoms with Crippen LogP contribution in [-0.4, -0.2) is 13.1 Å². The molecule has 0 fully saturated rings. The number of nitrogens with two attached hydrogens (primary N) is 1. The van der Waals surface area contributed by atoms with E-state index in [9.17, 15) is 9.18 Å². The molecule has 0 radical (unpaired) electrons. The molecule has 1 heterocycles. The van der Waals surface area contributed by atoms with E-state index in [1.165, 1.54) is 43.3 Å². The van der Waals surface area contributed by atoms with Gasteiger partial charge in [-0.05, 0) is 24.3 Å². The molecule has 0 aliphatic carbocycles. The largest absolute Gasteiger partial charge is 0.463 e. The van der Waals surface area contributed by atoms with E-state index in [1.807, 2.05) is 0 Å². The van der Waals surface area contributed by atoms with E-state index in [0.717, 1.165) is 0 Å². The van der Waals surface area contributed by atoms with Crippen molar-refractivity contribution in [2.24, 2.45) is 0 Å². The number of benzene rings is 1. The predicted molar refractivity (Wildman–Crippen MR) is 70.4 cm³/mol. The van der Waals surface area contributed by atoms with Crippen LogP contribution in [-0.2, 0) is 10.5 Å². The number of hydrogen-bond donors (Lipinski definition) is 1. The molecule has 2 N–H and O–H groups in total. The molecule has 4 nitrogen and oxygen atoms in total. The van der Waals surface area contributed by atoms with E-state index in [-0.39, 0.29) is 11.6 Å². The lowest BCUT2D eigenvalue weighted by molar-refractivity contribution is 0.0564. The number of ether oxygens (including phenoxy) is 1. The van der Waals surface area contributed by atoms with E-state index in [1.54, 1.807) is 6.07 Å². The van der Waals surface area contributed by atoms with Gasteiger partial charge in [0.05, 0.1) is 13.4 Å². The molecule has 0 atom stereocenters. The summed E-state index contributed by atoms with van der Waals surface area (Å²) in [5.74, 6) is -0.288. The molecule has 0 bridgehead atoms. The monoisotopic (exact) mass is 281 g/mol. The van der Waals surface area contributed by atoms with Crippen LogP contribution in [0.2, 0.25) is 0 Å². The Balaban J connectivity index is 2.13. The molecule has 1 aromatic heterocycles. The van der Waals surface area contributed by atoms with E-state index in [4.69, 9.17) is 10.2 Å². The first-order valence-corrected chi connectivity index (χ1v) is 6.43. The summed E-state index contributed by atoms with van der Waals surface area (Å²) >= 11 is 1.33. The highest BCUT2D eigenvalue weighted by molar-refractivity contribution is 7.98. The number of carbonyl (C=O) groups excluding carboxylic acids is 1. The second kappa shape index (κ2) is 5.79. The summed E-state index contributed by atoms with van der Waals surface area (Å²) in [6.45, 7) is 0. The van der Waals surface area contributed by atoms with E-state index < -0.39 is 5.97 Å². The molecule has 0 aliphatic rings. The van der Waals surface area contributed by atoms with Gasteiger partial charge in [0.25, 0.3) is 0 Å². The summed E-state index contributed by atoms with van der Waals surface area (Å²) in [5, 5.41) is 0. The Bertz CT molecular complexity index is 597. The van der Waals surface area contributed by atoms with E-state index in [2.05, 4.69) is 4.74 Å². The van der Waals surface area contributed by atoms with Crippen molar-refractivity contribution in [3.8, 4) is 0 Å². The average molecular weight is 281 g/mol. The fourth-order valence-corrected chi connectivity index (χ4v) is 2.48. The van der Waals surface area contributed by atoms with Crippen molar-refractivity contribution in [1.29, 1.82) is 0 Å². The molecule has 0 unspecified atom stereocenters. The van der Waals surface area contributed by atoms with Crippen molar-refractivity contribution in [2.75, 3.05) is 12.8 Å². The Morgan fingerprint density at radius 3 is 3.00 bits per heavy atom. The summed E-state index contributed by atoms with van der Waals surface area (Å²) < 4.78 is 22.8. The van der Waals surface area contributed by atoms with Gasteiger partial charge in [0.1, 0.15) is 5.82 Å². The van der Waals surface area contributed by atoms with E-state index in [0.29, 0.717) is 21.9 Å². The molecule has 0 amide bonds. The summed E-state index contributed by atoms with van der Waals surface area (Å²) in [6.07, 6.45) is 1.41. The normalized spacial score (nSPS) is 10.4. The van der Waals surface area contributed by atoms with Gasteiger partial charge in [-0.3, -0.25) is 0 Å². The maximum Gasteiger partial charge on any atom is 0.374 e. The van der Waals surface area contributed by atoms with Crippen molar-refractivity contribution >= 4 is 23.4 Å². The first kappa shape index (κ1) is 13.5. The second-order valence-electron chi connectivity index (χ2n) is 3.74. The van der Waals surface area contributed by atoms with Crippen LogP contribution in [0.5, 0.6) is 0 Å². The topological polar surface area (TPSA) is 65.5 Å². The van der Waals surface area contributed by atoms with E-state index >= 15 is 0 Å². The smallest absolute Gasteiger partial charge is 0.374 e. The number of halogens is 1. The predicted octanol–water partition coefficient (Wildman–Crippen LogP) is 3.08. The van der Waals surface area contributed by atoms with Crippen molar-refractivity contribution < 1.29 is 18.3 Å². The molecular formula is C13H12FNO3S. The van der Waals surface area contributed by atoms with Crippen molar-refractivity contribution in [3.05, 3.63) is 47.7 Å². The Kier molecular flexibility index (Phi) is 4.11. The van der Waals surface area contributed by atoms with Crippen molar-refractivity contribution in [2.45, 2.75) is 10.6 Å². The first-order valence-electron chi connectivity index (χ1n) is 5.44. The Morgan fingerprint density at radius 2 is 2.26 bits per heavy atom. The molecule has 19 heavy (non-hydrogen) atoms. The van der Waals surface area contributed by atoms with Gasteiger partial charge >= 0.3 is 5.97 Å². The highest BCUT2D eigenvalue weighted by Gasteiger charge is 2.16. The number of esters is 1. The summed E-state index contributed by atoms with van der Waals surface area (Å²) in [5.41, 5.74) is 6.93. The highest BCUT2D eigenvalue weighted by Crippen LogP contribution is 2.30. The summed E-state index contributed by atoms with van der Waals surface area (Å²) in [4.78, 5) is 12.0. The number of furan rings is 1. The van der Waals surface area contributed by atoms with Crippen LogP contribution < -0.4 is 5.73 Å². The number of nitrogen functional groups attached to an aromatic ring is 1. The summed E-state index contributed by atoms with van der Waals surface area (Å²) in [6, 6.07) is 5.85. The van der Waals surface area contributed by atoms with Crippen LogP contribution in [0.15, 0.2) is 39.8 Å². The van der Waals surface area contributed by atoms with Crippen molar-refractivity contribution in [3.63, 3.8) is 0 Å². The molecule has 100 valence electrons. The third-order valence-corrected chi connectivity index (χ3v) is 3.60. The third kappa shape index (κ3) is 3.08. The fraction of sp³-hybridized carbons (Fsp3) is 0.154. The molecule has 2 aromatic rings. The lowest BCUT2D eigenvalue weighted by atomic mass is 10.3. The molecule has 1 aromatic carbocycles. The number of anilines is 1. The third-order valence-electron chi connectivity index (χ3n) is 2.48. The highest BCUT2D eigenvalue weighted by atomic mass is 32.2. The zero-order valence-corrected chi connectivity index (χ0v) is 11.0. The van der Waals surface area contributed by atoms with Gasteiger partial charge in [0, 0.05) is 21.9 Å². The zero-order valence-electron chi connectivity index (χ0n) is 10.2. The molecule has 2 rings (SSSR count). The average Bonchev–Trinajstić information content (AvgIpc) is 2.87. The molecule has 6 heteroatoms. The van der Waals surface area contributed by atoms with Gasteiger partial charge < -0.3 is 14.9 Å². The minimum atomic E-state index is -0.534. The van der Waals surface area contributed by atoms with Crippen LogP contribution in [0.4, 0.5) is 10.1 Å². The number of rotatable bonds is 4. The standard InChI is InChI=1S/C13H12FNO3S/c1-17-13(16)12-8(4-5-18-12)7-19-11-6-9(14)2-3-10(11)15/h2-6H,7,15H2,1H3. The molecule has 0 saturated heterocycles. The quantitative estimate of drug-likeness (QED) is 0.530. The Hall–Kier alpha value is -1.95. The fourth-order valence-electron chi connectivity index (χ4n) is 1.51. The summed E-state index contributed by atoms with van der Waals surface area (Å²) in [7, 11) is 1.28. The molecule has 0 aliphatic heterocycles. The van der Waals surface area contributed by atoms with Gasteiger partial charge in [0.2, 0.25) is 5.76 Å². The van der Waals surface area contributed by atoms with Gasteiger partial charge in [-0.1, -0.05) is 0 Å². The first-order chi connectivity index (χ1) is 9.11. The minimum absolute atomic E-state index is 0.157. The van der Waals surface area contributed by atoms with Crippen molar-refractivity contribution in [1.82, 2.24) is 0 Å². The van der Waals surface area contributed by atoms with Gasteiger partial charge in [0.15, 0.2) is 0 Å². The number of hydrogen-bond acceptors (Lipinski definition) is 5. The zero-order chi connectivity index (χ0) is 13.8. The lowest BCUT2D eigenvalue weighted by Gasteiger charge is -2.05. The number of thioether (sulfide) groups is 1. The molecular weight excluding hydrogens is 269 g/mol. The maximum absolute atomic E-state index is 13.1. The number of carbonyl (C=O) groups is 1. The molecule has 0 saturated carbocycles. The lowest BCUT2D eigenvalue weighted by Crippen LogP contribution is -2.02. The second-order valence-corrected chi connectivity index (χ2v) is 4.75. The van der Waals surface area contributed by atoms with Crippen LogP contribution in [0.25, 0.3) is 0 Å². The maximum atomic E-state index is 13.1. The molecule has 0 spiro atoms. The van der Waals surface area contributed by atoms with Gasteiger partial charge in [-0.25, -0.2) is 9.18 Å². The van der Waals surface area contributed by atoms with Crippen LogP contribution in [0.3, 0.4) is 0 Å².